The SMILES string of the molecule is CCCC(C)Cn1ccc2ccc(Br)cc21. The van der Waals surface area contributed by atoms with Crippen molar-refractivity contribution < 1.29 is 0 Å². The average Bonchev–Trinajstić information content (AvgIpc) is 2.61. The first-order valence-electron chi connectivity index (χ1n) is 5.95. The second-order valence-electron chi connectivity index (χ2n) is 4.57. The van der Waals surface area contributed by atoms with Crippen LogP contribution in [0.4, 0.5) is 0 Å². The Morgan fingerprint density at radius 2 is 2.12 bits per heavy atom. The van der Waals surface area contributed by atoms with Crippen LogP contribution >= 0.6 is 15.9 Å². The van der Waals surface area contributed by atoms with E-state index in [1.54, 1.807) is 0 Å². The molecule has 1 atom stereocenters. The largest absolute Gasteiger partial charge is 0.347 e. The van der Waals surface area contributed by atoms with E-state index in [4.69, 9.17) is 0 Å². The zero-order chi connectivity index (χ0) is 11.5. The highest BCUT2D eigenvalue weighted by molar-refractivity contribution is 9.10. The summed E-state index contributed by atoms with van der Waals surface area (Å²) in [5.74, 6) is 0.750. The number of rotatable bonds is 4. The molecule has 0 radical (unpaired) electrons. The lowest BCUT2D eigenvalue weighted by Crippen LogP contribution is -2.05. The van der Waals surface area contributed by atoms with Gasteiger partial charge in [-0.1, -0.05) is 42.3 Å². The predicted octanol–water partition coefficient (Wildman–Crippen LogP) is 4.84. The molecule has 0 aliphatic carbocycles. The third-order valence-electron chi connectivity index (χ3n) is 3.03. The number of hydrogen-bond donors (Lipinski definition) is 0. The molecule has 16 heavy (non-hydrogen) atoms. The highest BCUT2D eigenvalue weighted by Crippen LogP contribution is 2.22. The number of benzene rings is 1. The molecule has 0 amide bonds. The van der Waals surface area contributed by atoms with Crippen LogP contribution in [0.3, 0.4) is 0 Å². The van der Waals surface area contributed by atoms with Gasteiger partial charge in [0.2, 0.25) is 0 Å². The Bertz CT molecular complexity index is 473. The maximum absolute atomic E-state index is 3.53. The third kappa shape index (κ3) is 2.49. The molecule has 1 unspecified atom stereocenters. The minimum Gasteiger partial charge on any atom is -0.347 e. The average molecular weight is 280 g/mol. The second-order valence-corrected chi connectivity index (χ2v) is 5.48. The minimum atomic E-state index is 0.750. The van der Waals surface area contributed by atoms with Crippen LogP contribution < -0.4 is 0 Å². The van der Waals surface area contributed by atoms with E-state index in [-0.39, 0.29) is 0 Å². The molecule has 2 rings (SSSR count). The van der Waals surface area contributed by atoms with Gasteiger partial charge in [0, 0.05) is 22.7 Å². The number of aromatic nitrogens is 1. The van der Waals surface area contributed by atoms with Crippen molar-refractivity contribution in [2.24, 2.45) is 5.92 Å². The lowest BCUT2D eigenvalue weighted by molar-refractivity contribution is 0.453. The molecule has 0 N–H and O–H groups in total. The Balaban J connectivity index is 2.27. The lowest BCUT2D eigenvalue weighted by Gasteiger charge is -2.12. The molecule has 0 bridgehead atoms. The first kappa shape index (κ1) is 11.7. The monoisotopic (exact) mass is 279 g/mol. The summed E-state index contributed by atoms with van der Waals surface area (Å²) in [6, 6.07) is 8.66. The van der Waals surface area contributed by atoms with Gasteiger partial charge < -0.3 is 4.57 Å². The number of halogens is 1. The van der Waals surface area contributed by atoms with Gasteiger partial charge >= 0.3 is 0 Å². The van der Waals surface area contributed by atoms with Gasteiger partial charge in [0.1, 0.15) is 0 Å². The molecule has 1 aromatic heterocycles. The summed E-state index contributed by atoms with van der Waals surface area (Å²) in [7, 11) is 0. The van der Waals surface area contributed by atoms with Crippen LogP contribution in [0.2, 0.25) is 0 Å². The second kappa shape index (κ2) is 5.05. The van der Waals surface area contributed by atoms with Crippen LogP contribution in [-0.2, 0) is 6.54 Å². The van der Waals surface area contributed by atoms with Gasteiger partial charge in [-0.05, 0) is 35.9 Å². The smallest absolute Gasteiger partial charge is 0.0491 e. The molecule has 0 saturated carbocycles. The van der Waals surface area contributed by atoms with E-state index in [1.165, 1.54) is 23.7 Å². The summed E-state index contributed by atoms with van der Waals surface area (Å²) in [5.41, 5.74) is 1.33. The van der Waals surface area contributed by atoms with E-state index in [9.17, 15) is 0 Å². The van der Waals surface area contributed by atoms with Crippen molar-refractivity contribution in [1.29, 1.82) is 0 Å². The van der Waals surface area contributed by atoms with Crippen molar-refractivity contribution in [1.82, 2.24) is 4.57 Å². The summed E-state index contributed by atoms with van der Waals surface area (Å²) in [6.45, 7) is 5.70. The summed E-state index contributed by atoms with van der Waals surface area (Å²) >= 11 is 3.53. The Hall–Kier alpha value is -0.760. The standard InChI is InChI=1S/C14H18BrN/c1-3-4-11(2)10-16-8-7-12-5-6-13(15)9-14(12)16/h5-9,11H,3-4,10H2,1-2H3. The minimum absolute atomic E-state index is 0.750. The van der Waals surface area contributed by atoms with Gasteiger partial charge in [0.25, 0.3) is 0 Å². The molecule has 0 saturated heterocycles. The molecule has 1 nitrogen and oxygen atoms in total. The summed E-state index contributed by atoms with van der Waals surface area (Å²) < 4.78 is 3.52. The van der Waals surface area contributed by atoms with E-state index >= 15 is 0 Å². The molecule has 2 heteroatoms. The fraction of sp³-hybridized carbons (Fsp3) is 0.429. The van der Waals surface area contributed by atoms with E-state index < -0.39 is 0 Å². The van der Waals surface area contributed by atoms with Crippen molar-refractivity contribution >= 4 is 26.8 Å². The first-order chi connectivity index (χ1) is 7.70. The van der Waals surface area contributed by atoms with Gasteiger partial charge in [-0.3, -0.25) is 0 Å². The normalized spacial score (nSPS) is 13.2. The van der Waals surface area contributed by atoms with Crippen LogP contribution in [0.5, 0.6) is 0 Å². The topological polar surface area (TPSA) is 4.93 Å². The predicted molar refractivity (Wildman–Crippen MR) is 73.7 cm³/mol. The van der Waals surface area contributed by atoms with Crippen molar-refractivity contribution in [3.8, 4) is 0 Å². The molecule has 1 heterocycles. The van der Waals surface area contributed by atoms with Crippen molar-refractivity contribution in [2.45, 2.75) is 33.2 Å². The van der Waals surface area contributed by atoms with Crippen LogP contribution in [0.15, 0.2) is 34.9 Å². The summed E-state index contributed by atoms with van der Waals surface area (Å²) in [5, 5.41) is 1.33. The Morgan fingerprint density at radius 3 is 2.88 bits per heavy atom. The summed E-state index contributed by atoms with van der Waals surface area (Å²) in [6.07, 6.45) is 4.76. The molecule has 1 aromatic carbocycles. The Kier molecular flexibility index (Phi) is 3.70. The maximum Gasteiger partial charge on any atom is 0.0491 e. The molecular weight excluding hydrogens is 262 g/mol. The van der Waals surface area contributed by atoms with Gasteiger partial charge in [-0.25, -0.2) is 0 Å². The van der Waals surface area contributed by atoms with E-state index in [0.29, 0.717) is 0 Å². The van der Waals surface area contributed by atoms with Gasteiger partial charge in [0.15, 0.2) is 0 Å². The lowest BCUT2D eigenvalue weighted by atomic mass is 10.1. The Morgan fingerprint density at radius 1 is 1.31 bits per heavy atom. The van der Waals surface area contributed by atoms with Crippen molar-refractivity contribution in [3.63, 3.8) is 0 Å². The van der Waals surface area contributed by atoms with E-state index in [1.807, 2.05) is 0 Å². The number of hydrogen-bond acceptors (Lipinski definition) is 0. The molecule has 0 aliphatic heterocycles. The van der Waals surface area contributed by atoms with Gasteiger partial charge in [-0.2, -0.15) is 0 Å². The quantitative estimate of drug-likeness (QED) is 0.755. The fourth-order valence-corrected chi connectivity index (χ4v) is 2.59. The van der Waals surface area contributed by atoms with Crippen molar-refractivity contribution in [2.75, 3.05) is 0 Å². The molecule has 0 aliphatic rings. The van der Waals surface area contributed by atoms with E-state index in [0.717, 1.165) is 16.9 Å². The maximum atomic E-state index is 3.53. The number of nitrogens with zero attached hydrogens (tertiary/aromatic N) is 1. The number of fused-ring (bicyclic) bond motifs is 1. The van der Waals surface area contributed by atoms with Crippen LogP contribution in [-0.4, -0.2) is 4.57 Å². The van der Waals surface area contributed by atoms with Crippen LogP contribution in [0, 0.1) is 5.92 Å². The molecule has 86 valence electrons. The summed E-state index contributed by atoms with van der Waals surface area (Å²) in [4.78, 5) is 0. The van der Waals surface area contributed by atoms with Crippen LogP contribution in [0.1, 0.15) is 26.7 Å². The molecule has 2 aromatic rings. The zero-order valence-electron chi connectivity index (χ0n) is 9.91. The first-order valence-corrected chi connectivity index (χ1v) is 6.74. The van der Waals surface area contributed by atoms with E-state index in [2.05, 4.69) is 64.8 Å². The van der Waals surface area contributed by atoms with Crippen molar-refractivity contribution in [3.05, 3.63) is 34.9 Å². The molecule has 0 spiro atoms. The van der Waals surface area contributed by atoms with Gasteiger partial charge in [-0.15, -0.1) is 0 Å². The van der Waals surface area contributed by atoms with Crippen LogP contribution in [0.25, 0.3) is 10.9 Å². The molecular formula is C14H18BrN. The molecule has 0 fully saturated rings. The highest BCUT2D eigenvalue weighted by atomic mass is 79.9. The zero-order valence-corrected chi connectivity index (χ0v) is 11.5. The third-order valence-corrected chi connectivity index (χ3v) is 3.52. The Labute approximate surface area is 106 Å². The van der Waals surface area contributed by atoms with Gasteiger partial charge in [0.05, 0.1) is 0 Å². The highest BCUT2D eigenvalue weighted by Gasteiger charge is 2.05. The fourth-order valence-electron chi connectivity index (χ4n) is 2.24.